The average Bonchev–Trinajstić information content (AvgIpc) is 2.91. The van der Waals surface area contributed by atoms with Gasteiger partial charge in [0, 0.05) is 19.6 Å². The molecule has 0 aromatic rings. The minimum Gasteiger partial charge on any atom is -0.444 e. The molecule has 1 saturated carbocycles. The second-order valence-corrected chi connectivity index (χ2v) is 5.38. The van der Waals surface area contributed by atoms with Crippen molar-refractivity contribution >= 4 is 11.9 Å². The highest BCUT2D eigenvalue weighted by Crippen LogP contribution is 2.38. The van der Waals surface area contributed by atoms with E-state index in [-0.39, 0.29) is 24.2 Å². The molecule has 0 aliphatic heterocycles. The molecule has 0 heterocycles. The largest absolute Gasteiger partial charge is 0.444 e. The van der Waals surface area contributed by atoms with Gasteiger partial charge in [0.2, 0.25) is 0 Å². The Hall–Kier alpha value is -1.10. The van der Waals surface area contributed by atoms with Gasteiger partial charge in [-0.05, 0) is 33.1 Å². The van der Waals surface area contributed by atoms with Crippen LogP contribution in [-0.4, -0.2) is 37.7 Å². The molecule has 0 unspecified atom stereocenters. The molecule has 1 fully saturated rings. The SMILES string of the molecule is COCC(=O)[C@@H]1C[C@@H]1CNC(=O)OC(C)(C)C. The molecule has 0 aromatic carbocycles. The van der Waals surface area contributed by atoms with Crippen LogP contribution in [0.5, 0.6) is 0 Å². The van der Waals surface area contributed by atoms with Crippen molar-refractivity contribution in [2.24, 2.45) is 11.8 Å². The summed E-state index contributed by atoms with van der Waals surface area (Å²) in [6.07, 6.45) is 0.403. The van der Waals surface area contributed by atoms with Gasteiger partial charge < -0.3 is 14.8 Å². The lowest BCUT2D eigenvalue weighted by Crippen LogP contribution is -2.34. The molecule has 1 amide bonds. The number of hydrogen-bond donors (Lipinski definition) is 1. The van der Waals surface area contributed by atoms with Crippen molar-refractivity contribution in [1.82, 2.24) is 5.32 Å². The van der Waals surface area contributed by atoms with Gasteiger partial charge in [0.15, 0.2) is 5.78 Å². The predicted octanol–water partition coefficient (Wildman–Crippen LogP) is 1.36. The van der Waals surface area contributed by atoms with E-state index in [0.29, 0.717) is 6.54 Å². The van der Waals surface area contributed by atoms with Gasteiger partial charge in [-0.25, -0.2) is 4.79 Å². The number of ether oxygens (including phenoxy) is 2. The fourth-order valence-electron chi connectivity index (χ4n) is 1.65. The molecule has 0 radical (unpaired) electrons. The molecule has 17 heavy (non-hydrogen) atoms. The first-order chi connectivity index (χ1) is 7.83. The number of nitrogens with one attached hydrogen (secondary N) is 1. The maximum Gasteiger partial charge on any atom is 0.407 e. The van der Waals surface area contributed by atoms with E-state index < -0.39 is 11.7 Å². The summed E-state index contributed by atoms with van der Waals surface area (Å²) in [4.78, 5) is 22.8. The van der Waals surface area contributed by atoms with Crippen LogP contribution < -0.4 is 5.32 Å². The van der Waals surface area contributed by atoms with E-state index in [1.165, 1.54) is 7.11 Å². The number of hydrogen-bond acceptors (Lipinski definition) is 4. The third-order valence-corrected chi connectivity index (χ3v) is 2.53. The van der Waals surface area contributed by atoms with Gasteiger partial charge >= 0.3 is 6.09 Å². The van der Waals surface area contributed by atoms with Crippen LogP contribution >= 0.6 is 0 Å². The zero-order chi connectivity index (χ0) is 13.1. The molecule has 2 atom stereocenters. The predicted molar refractivity (Wildman–Crippen MR) is 62.7 cm³/mol. The van der Waals surface area contributed by atoms with Crippen LogP contribution in [-0.2, 0) is 14.3 Å². The quantitative estimate of drug-likeness (QED) is 0.792. The molecular weight excluding hydrogens is 222 g/mol. The number of alkyl carbamates (subject to hydrolysis) is 1. The highest BCUT2D eigenvalue weighted by molar-refractivity contribution is 5.85. The monoisotopic (exact) mass is 243 g/mol. The fourth-order valence-corrected chi connectivity index (χ4v) is 1.65. The first-order valence-corrected chi connectivity index (χ1v) is 5.82. The van der Waals surface area contributed by atoms with Gasteiger partial charge in [0.05, 0.1) is 0 Å². The van der Waals surface area contributed by atoms with E-state index in [9.17, 15) is 9.59 Å². The maximum absolute atomic E-state index is 11.4. The van der Waals surface area contributed by atoms with E-state index in [1.807, 2.05) is 20.8 Å². The molecule has 1 rings (SSSR count). The highest BCUT2D eigenvalue weighted by atomic mass is 16.6. The molecule has 0 bridgehead atoms. The minimum absolute atomic E-state index is 0.0462. The summed E-state index contributed by atoms with van der Waals surface area (Å²) in [5.41, 5.74) is -0.487. The van der Waals surface area contributed by atoms with Crippen molar-refractivity contribution in [2.75, 3.05) is 20.3 Å². The lowest BCUT2D eigenvalue weighted by atomic mass is 10.2. The Bertz CT molecular complexity index is 295. The van der Waals surface area contributed by atoms with Crippen LogP contribution in [0.3, 0.4) is 0 Å². The van der Waals surface area contributed by atoms with Crippen LogP contribution in [0.25, 0.3) is 0 Å². The average molecular weight is 243 g/mol. The second-order valence-electron chi connectivity index (χ2n) is 5.38. The highest BCUT2D eigenvalue weighted by Gasteiger charge is 2.42. The van der Waals surface area contributed by atoms with Crippen LogP contribution in [0.15, 0.2) is 0 Å². The summed E-state index contributed by atoms with van der Waals surface area (Å²) >= 11 is 0. The Labute approximate surface area is 102 Å². The van der Waals surface area contributed by atoms with E-state index in [0.717, 1.165) is 6.42 Å². The van der Waals surface area contributed by atoms with Crippen molar-refractivity contribution in [2.45, 2.75) is 32.8 Å². The molecule has 1 aliphatic rings. The lowest BCUT2D eigenvalue weighted by Gasteiger charge is -2.19. The van der Waals surface area contributed by atoms with Crippen molar-refractivity contribution in [3.8, 4) is 0 Å². The summed E-state index contributed by atoms with van der Waals surface area (Å²) < 4.78 is 9.88. The van der Waals surface area contributed by atoms with E-state index >= 15 is 0 Å². The molecular formula is C12H21NO4. The number of amides is 1. The van der Waals surface area contributed by atoms with Crippen LogP contribution in [0.1, 0.15) is 27.2 Å². The number of carbonyl (C=O) groups is 2. The zero-order valence-electron chi connectivity index (χ0n) is 10.9. The topological polar surface area (TPSA) is 64.6 Å². The van der Waals surface area contributed by atoms with Crippen molar-refractivity contribution < 1.29 is 19.1 Å². The smallest absolute Gasteiger partial charge is 0.407 e. The normalized spacial score (nSPS) is 23.1. The molecule has 1 N–H and O–H groups in total. The number of Topliss-reactive ketones (excluding diaryl/α,β-unsaturated/α-hetero) is 1. The van der Waals surface area contributed by atoms with Gasteiger partial charge in [-0.1, -0.05) is 0 Å². The van der Waals surface area contributed by atoms with Gasteiger partial charge in [-0.15, -0.1) is 0 Å². The second kappa shape index (κ2) is 5.49. The number of carbonyl (C=O) groups excluding carboxylic acids is 2. The Morgan fingerprint density at radius 1 is 1.35 bits per heavy atom. The number of ketones is 1. The third kappa shape index (κ3) is 5.17. The van der Waals surface area contributed by atoms with E-state index in [4.69, 9.17) is 9.47 Å². The molecule has 5 heteroatoms. The number of methoxy groups -OCH3 is 1. The van der Waals surface area contributed by atoms with E-state index in [2.05, 4.69) is 5.32 Å². The summed E-state index contributed by atoms with van der Waals surface area (Å²) in [6, 6.07) is 0. The minimum atomic E-state index is -0.487. The van der Waals surface area contributed by atoms with Gasteiger partial charge in [-0.3, -0.25) is 4.79 Å². The Morgan fingerprint density at radius 2 is 2.00 bits per heavy atom. The lowest BCUT2D eigenvalue weighted by molar-refractivity contribution is -0.124. The summed E-state index contributed by atoms with van der Waals surface area (Å²) in [6.45, 7) is 6.10. The first kappa shape index (κ1) is 14.0. The molecule has 1 aliphatic carbocycles. The molecule has 0 saturated heterocycles. The Balaban J connectivity index is 2.17. The number of rotatable bonds is 5. The van der Waals surface area contributed by atoms with E-state index in [1.54, 1.807) is 0 Å². The standard InChI is InChI=1S/C12H21NO4/c1-12(2,3)17-11(15)13-6-8-5-9(8)10(14)7-16-4/h8-9H,5-7H2,1-4H3,(H,13,15)/t8-,9-/m1/s1. The molecule has 98 valence electrons. The third-order valence-electron chi connectivity index (χ3n) is 2.53. The fraction of sp³-hybridized carbons (Fsp3) is 0.833. The maximum atomic E-state index is 11.4. The zero-order valence-corrected chi connectivity index (χ0v) is 10.9. The summed E-state index contributed by atoms with van der Waals surface area (Å²) in [7, 11) is 1.51. The van der Waals surface area contributed by atoms with Crippen molar-refractivity contribution in [1.29, 1.82) is 0 Å². The molecule has 0 aromatic heterocycles. The van der Waals surface area contributed by atoms with Crippen molar-refractivity contribution in [3.05, 3.63) is 0 Å². The van der Waals surface area contributed by atoms with Crippen LogP contribution in [0.2, 0.25) is 0 Å². The van der Waals surface area contributed by atoms with Gasteiger partial charge in [0.25, 0.3) is 0 Å². The van der Waals surface area contributed by atoms with Gasteiger partial charge in [0.1, 0.15) is 12.2 Å². The molecule has 5 nitrogen and oxygen atoms in total. The summed E-state index contributed by atoms with van der Waals surface area (Å²) in [5, 5.41) is 2.67. The molecule has 0 spiro atoms. The Morgan fingerprint density at radius 3 is 2.53 bits per heavy atom. The Kier molecular flexibility index (Phi) is 4.51. The van der Waals surface area contributed by atoms with Crippen LogP contribution in [0, 0.1) is 11.8 Å². The van der Waals surface area contributed by atoms with Gasteiger partial charge in [-0.2, -0.15) is 0 Å². The first-order valence-electron chi connectivity index (χ1n) is 5.82. The van der Waals surface area contributed by atoms with Crippen LogP contribution in [0.4, 0.5) is 4.79 Å². The summed E-state index contributed by atoms with van der Waals surface area (Å²) in [5.74, 6) is 0.401. The van der Waals surface area contributed by atoms with Crippen molar-refractivity contribution in [3.63, 3.8) is 0 Å².